The van der Waals surface area contributed by atoms with Crippen LogP contribution < -0.4 is 10.6 Å². The molecular formula is C19H26IN7. The molecule has 0 atom stereocenters. The Hall–Kier alpha value is -2.36. The van der Waals surface area contributed by atoms with Gasteiger partial charge in [0.25, 0.3) is 0 Å². The van der Waals surface area contributed by atoms with E-state index in [1.165, 1.54) is 5.56 Å². The first kappa shape index (κ1) is 20.9. The molecular weight excluding hydrogens is 453 g/mol. The zero-order valence-electron chi connectivity index (χ0n) is 15.5. The van der Waals surface area contributed by atoms with Crippen molar-refractivity contribution >= 4 is 29.9 Å². The fourth-order valence-electron chi connectivity index (χ4n) is 2.66. The van der Waals surface area contributed by atoms with Gasteiger partial charge in [-0.25, -0.2) is 4.68 Å². The molecule has 3 aromatic rings. The number of hydrogen-bond donors (Lipinski definition) is 2. The van der Waals surface area contributed by atoms with Crippen LogP contribution in [0.4, 0.5) is 0 Å². The van der Waals surface area contributed by atoms with Crippen molar-refractivity contribution in [1.29, 1.82) is 0 Å². The quantitative estimate of drug-likeness (QED) is 0.226. The molecule has 2 aromatic heterocycles. The molecule has 0 aliphatic carbocycles. The molecule has 7 nitrogen and oxygen atoms in total. The molecule has 0 bridgehead atoms. The smallest absolute Gasteiger partial charge is 0.190 e. The maximum atomic E-state index is 4.26. The van der Waals surface area contributed by atoms with Gasteiger partial charge in [-0.2, -0.15) is 10.2 Å². The second-order valence-electron chi connectivity index (χ2n) is 5.92. The predicted octanol–water partition coefficient (Wildman–Crippen LogP) is 2.48. The Kier molecular flexibility index (Phi) is 8.82. The third-order valence-corrected chi connectivity index (χ3v) is 4.05. The lowest BCUT2D eigenvalue weighted by Crippen LogP contribution is -2.39. The molecule has 8 heteroatoms. The first-order chi connectivity index (χ1) is 12.8. The Bertz CT molecular complexity index is 780. The minimum absolute atomic E-state index is 0. The third kappa shape index (κ3) is 6.70. The Morgan fingerprint density at radius 1 is 1.00 bits per heavy atom. The Labute approximate surface area is 176 Å². The highest BCUT2D eigenvalue weighted by atomic mass is 127. The molecule has 0 unspecified atom stereocenters. The van der Waals surface area contributed by atoms with Crippen LogP contribution in [0.2, 0.25) is 0 Å². The Balaban J connectivity index is 0.00000261. The van der Waals surface area contributed by atoms with Crippen molar-refractivity contribution in [3.8, 4) is 5.69 Å². The number of benzene rings is 1. The van der Waals surface area contributed by atoms with Crippen molar-refractivity contribution < 1.29 is 0 Å². The van der Waals surface area contributed by atoms with Crippen molar-refractivity contribution in [3.05, 3.63) is 66.7 Å². The zero-order chi connectivity index (χ0) is 18.0. The summed E-state index contributed by atoms with van der Waals surface area (Å²) in [7, 11) is 1.79. The molecule has 2 N–H and O–H groups in total. The van der Waals surface area contributed by atoms with Crippen molar-refractivity contribution in [1.82, 2.24) is 30.2 Å². The van der Waals surface area contributed by atoms with E-state index >= 15 is 0 Å². The van der Waals surface area contributed by atoms with E-state index in [1.54, 1.807) is 19.4 Å². The van der Waals surface area contributed by atoms with Crippen molar-refractivity contribution in [2.45, 2.75) is 19.4 Å². The van der Waals surface area contributed by atoms with E-state index < -0.39 is 0 Å². The monoisotopic (exact) mass is 479 g/mol. The molecule has 1 aromatic carbocycles. The van der Waals surface area contributed by atoms with Crippen LogP contribution in [-0.2, 0) is 13.0 Å². The number of nitrogens with zero attached hydrogens (tertiary/aromatic N) is 5. The molecule has 0 amide bonds. The molecule has 0 spiro atoms. The number of aliphatic imine (C=N–C) groups is 1. The van der Waals surface area contributed by atoms with E-state index in [0.29, 0.717) is 0 Å². The minimum Gasteiger partial charge on any atom is -0.356 e. The van der Waals surface area contributed by atoms with Crippen LogP contribution in [0.15, 0.2) is 66.2 Å². The molecule has 0 aliphatic heterocycles. The third-order valence-electron chi connectivity index (χ3n) is 4.05. The van der Waals surface area contributed by atoms with E-state index in [9.17, 15) is 0 Å². The van der Waals surface area contributed by atoms with Gasteiger partial charge in [-0.15, -0.1) is 24.0 Å². The average Bonchev–Trinajstić information content (AvgIpc) is 3.38. The van der Waals surface area contributed by atoms with Gasteiger partial charge in [-0.1, -0.05) is 12.1 Å². The molecule has 27 heavy (non-hydrogen) atoms. The molecule has 0 radical (unpaired) electrons. The van der Waals surface area contributed by atoms with Crippen LogP contribution in [0.3, 0.4) is 0 Å². The average molecular weight is 479 g/mol. The summed E-state index contributed by atoms with van der Waals surface area (Å²) in [4.78, 5) is 4.26. The number of halogens is 1. The van der Waals surface area contributed by atoms with Gasteiger partial charge in [0.1, 0.15) is 0 Å². The topological polar surface area (TPSA) is 72.1 Å². The van der Waals surface area contributed by atoms with Crippen LogP contribution in [0.5, 0.6) is 0 Å². The summed E-state index contributed by atoms with van der Waals surface area (Å²) in [6, 6.07) is 12.3. The van der Waals surface area contributed by atoms with Gasteiger partial charge in [0.15, 0.2) is 5.96 Å². The summed E-state index contributed by atoms with van der Waals surface area (Å²) in [5.41, 5.74) is 2.35. The normalized spacial score (nSPS) is 11.1. The van der Waals surface area contributed by atoms with Gasteiger partial charge in [0.05, 0.1) is 5.69 Å². The zero-order valence-corrected chi connectivity index (χ0v) is 17.8. The SMILES string of the molecule is CN=C(NCCCn1cccn1)NCCc1ccc(-n2cccn2)cc1.I. The highest BCUT2D eigenvalue weighted by Crippen LogP contribution is 2.08. The maximum absolute atomic E-state index is 4.26. The van der Waals surface area contributed by atoms with E-state index in [1.807, 2.05) is 33.9 Å². The summed E-state index contributed by atoms with van der Waals surface area (Å²) in [5.74, 6) is 0.832. The van der Waals surface area contributed by atoms with Crippen LogP contribution in [0, 0.1) is 0 Å². The molecule has 0 saturated heterocycles. The largest absolute Gasteiger partial charge is 0.356 e. The van der Waals surface area contributed by atoms with Gasteiger partial charge in [0.2, 0.25) is 0 Å². The van der Waals surface area contributed by atoms with Gasteiger partial charge in [-0.3, -0.25) is 9.67 Å². The lowest BCUT2D eigenvalue weighted by atomic mass is 10.1. The van der Waals surface area contributed by atoms with Crippen molar-refractivity contribution in [3.63, 3.8) is 0 Å². The first-order valence-corrected chi connectivity index (χ1v) is 8.86. The number of guanidine groups is 1. The van der Waals surface area contributed by atoms with Crippen molar-refractivity contribution in [2.24, 2.45) is 4.99 Å². The van der Waals surface area contributed by atoms with Gasteiger partial charge in [0, 0.05) is 51.5 Å². The van der Waals surface area contributed by atoms with Crippen LogP contribution >= 0.6 is 24.0 Å². The van der Waals surface area contributed by atoms with Crippen LogP contribution in [0.1, 0.15) is 12.0 Å². The molecule has 144 valence electrons. The highest BCUT2D eigenvalue weighted by Gasteiger charge is 2.00. The van der Waals surface area contributed by atoms with Crippen molar-refractivity contribution in [2.75, 3.05) is 20.1 Å². The summed E-state index contributed by atoms with van der Waals surface area (Å²) >= 11 is 0. The lowest BCUT2D eigenvalue weighted by Gasteiger charge is -2.12. The highest BCUT2D eigenvalue weighted by molar-refractivity contribution is 14.0. The van der Waals surface area contributed by atoms with E-state index in [-0.39, 0.29) is 24.0 Å². The number of aromatic nitrogens is 4. The fraction of sp³-hybridized carbons (Fsp3) is 0.316. The lowest BCUT2D eigenvalue weighted by molar-refractivity contribution is 0.570. The summed E-state index contributed by atoms with van der Waals surface area (Å²) in [6.45, 7) is 2.59. The molecule has 0 saturated carbocycles. The molecule has 3 rings (SSSR count). The Morgan fingerprint density at radius 2 is 1.74 bits per heavy atom. The first-order valence-electron chi connectivity index (χ1n) is 8.86. The number of rotatable bonds is 8. The van der Waals surface area contributed by atoms with Crippen LogP contribution in [0.25, 0.3) is 5.69 Å². The Morgan fingerprint density at radius 3 is 2.41 bits per heavy atom. The van der Waals surface area contributed by atoms with Gasteiger partial charge >= 0.3 is 0 Å². The van der Waals surface area contributed by atoms with Gasteiger partial charge in [-0.05, 0) is 42.7 Å². The second-order valence-corrected chi connectivity index (χ2v) is 5.92. The molecule has 2 heterocycles. The van der Waals surface area contributed by atoms with Gasteiger partial charge < -0.3 is 10.6 Å². The molecule has 0 fully saturated rings. The number of nitrogens with one attached hydrogen (secondary N) is 2. The number of aryl methyl sites for hydroxylation is 1. The van der Waals surface area contributed by atoms with E-state index in [4.69, 9.17) is 0 Å². The number of hydrogen-bond acceptors (Lipinski definition) is 3. The maximum Gasteiger partial charge on any atom is 0.190 e. The summed E-state index contributed by atoms with van der Waals surface area (Å²) in [6.07, 6.45) is 9.44. The second kappa shape index (κ2) is 11.4. The predicted molar refractivity (Wildman–Crippen MR) is 119 cm³/mol. The standard InChI is InChI=1S/C19H25N7.HI/c1-20-19(21-10-2-14-25-15-3-11-23-25)22-13-9-17-5-7-18(8-6-17)26-16-4-12-24-26;/h3-8,11-12,15-16H,2,9-10,13-14H2,1H3,(H2,20,21,22);1H. The van der Waals surface area contributed by atoms with Crippen LogP contribution in [-0.4, -0.2) is 45.7 Å². The molecule has 0 aliphatic rings. The summed E-state index contributed by atoms with van der Waals surface area (Å²) < 4.78 is 3.79. The summed E-state index contributed by atoms with van der Waals surface area (Å²) in [5, 5.41) is 15.1. The van der Waals surface area contributed by atoms with E-state index in [2.05, 4.69) is 50.1 Å². The fourth-order valence-corrected chi connectivity index (χ4v) is 2.66. The van der Waals surface area contributed by atoms with E-state index in [0.717, 1.165) is 44.1 Å². The minimum atomic E-state index is 0.